The molecule has 0 aliphatic heterocycles. The van der Waals surface area contributed by atoms with Crippen LogP contribution in [-0.4, -0.2) is 4.98 Å². The molecular weight excluding hydrogens is 206 g/mol. The third-order valence-electron chi connectivity index (χ3n) is 2.73. The fraction of sp³-hybridized carbons (Fsp3) is 0.615. The van der Waals surface area contributed by atoms with Crippen molar-refractivity contribution >= 4 is 11.6 Å². The van der Waals surface area contributed by atoms with Crippen molar-refractivity contribution in [1.29, 1.82) is 0 Å². The van der Waals surface area contributed by atoms with Gasteiger partial charge in [-0.3, -0.25) is 0 Å². The monoisotopic (exact) mass is 225 g/mol. The zero-order valence-corrected chi connectivity index (χ0v) is 10.4. The van der Waals surface area contributed by atoms with Gasteiger partial charge in [0.05, 0.1) is 0 Å². The van der Waals surface area contributed by atoms with Gasteiger partial charge in [-0.2, -0.15) is 0 Å². The van der Waals surface area contributed by atoms with E-state index in [1.165, 1.54) is 32.1 Å². The molecule has 1 nitrogen and oxygen atoms in total. The first-order valence-electron chi connectivity index (χ1n) is 5.86. The molecule has 84 valence electrons. The third-order valence-corrected chi connectivity index (χ3v) is 2.94. The maximum atomic E-state index is 5.86. The molecule has 1 rings (SSSR count). The number of rotatable bonds is 6. The van der Waals surface area contributed by atoms with Crippen LogP contribution in [0, 0.1) is 0 Å². The lowest BCUT2D eigenvalue weighted by Gasteiger charge is -2.10. The summed E-state index contributed by atoms with van der Waals surface area (Å²) in [5.74, 6) is 0.528. The molecule has 0 saturated heterocycles. The van der Waals surface area contributed by atoms with Crippen molar-refractivity contribution in [3.8, 4) is 0 Å². The van der Waals surface area contributed by atoms with Gasteiger partial charge in [-0.25, -0.2) is 4.98 Å². The summed E-state index contributed by atoms with van der Waals surface area (Å²) in [5.41, 5.74) is 1.12. The van der Waals surface area contributed by atoms with Crippen LogP contribution in [0.15, 0.2) is 18.2 Å². The molecule has 0 radical (unpaired) electrons. The average molecular weight is 226 g/mol. The molecule has 0 aromatic carbocycles. The Morgan fingerprint density at radius 3 is 2.73 bits per heavy atom. The van der Waals surface area contributed by atoms with Gasteiger partial charge in [-0.05, 0) is 24.5 Å². The van der Waals surface area contributed by atoms with Crippen LogP contribution < -0.4 is 0 Å². The molecule has 1 unspecified atom stereocenters. The first-order valence-corrected chi connectivity index (χ1v) is 6.24. The van der Waals surface area contributed by atoms with Gasteiger partial charge in [0.25, 0.3) is 0 Å². The van der Waals surface area contributed by atoms with E-state index in [1.54, 1.807) is 0 Å². The summed E-state index contributed by atoms with van der Waals surface area (Å²) in [6.07, 6.45) is 6.48. The zero-order chi connectivity index (χ0) is 11.1. The molecule has 0 fully saturated rings. The highest BCUT2D eigenvalue weighted by Crippen LogP contribution is 2.21. The van der Waals surface area contributed by atoms with E-state index in [0.717, 1.165) is 5.69 Å². The van der Waals surface area contributed by atoms with Crippen molar-refractivity contribution in [2.75, 3.05) is 0 Å². The van der Waals surface area contributed by atoms with Crippen molar-refractivity contribution in [2.45, 2.75) is 51.9 Å². The fourth-order valence-corrected chi connectivity index (χ4v) is 1.89. The summed E-state index contributed by atoms with van der Waals surface area (Å²) in [5, 5.41) is 0.605. The second-order valence-electron chi connectivity index (χ2n) is 4.14. The zero-order valence-electron chi connectivity index (χ0n) is 9.67. The Hall–Kier alpha value is -0.560. The van der Waals surface area contributed by atoms with Crippen LogP contribution in [0.2, 0.25) is 5.15 Å². The summed E-state index contributed by atoms with van der Waals surface area (Å²) in [6.45, 7) is 4.46. The van der Waals surface area contributed by atoms with Crippen LogP contribution in [0.1, 0.15) is 57.6 Å². The lowest BCUT2D eigenvalue weighted by atomic mass is 9.99. The van der Waals surface area contributed by atoms with E-state index in [-0.39, 0.29) is 0 Å². The molecule has 0 N–H and O–H groups in total. The second-order valence-corrected chi connectivity index (χ2v) is 4.52. The number of hydrogen-bond acceptors (Lipinski definition) is 1. The molecule has 2 heteroatoms. The first-order chi connectivity index (χ1) is 7.24. The molecule has 0 spiro atoms. The maximum Gasteiger partial charge on any atom is 0.129 e. The SMILES string of the molecule is CCCCCCC(C)c1cccc(Cl)n1. The van der Waals surface area contributed by atoms with E-state index in [9.17, 15) is 0 Å². The summed E-state index contributed by atoms with van der Waals surface area (Å²) >= 11 is 5.86. The number of halogens is 1. The van der Waals surface area contributed by atoms with E-state index in [1.807, 2.05) is 12.1 Å². The Morgan fingerprint density at radius 2 is 2.07 bits per heavy atom. The van der Waals surface area contributed by atoms with Crippen LogP contribution in [0.25, 0.3) is 0 Å². The Morgan fingerprint density at radius 1 is 1.27 bits per heavy atom. The lowest BCUT2D eigenvalue weighted by Crippen LogP contribution is -1.97. The number of pyridine rings is 1. The van der Waals surface area contributed by atoms with E-state index < -0.39 is 0 Å². The molecule has 0 amide bonds. The third kappa shape index (κ3) is 4.65. The van der Waals surface area contributed by atoms with Crippen molar-refractivity contribution in [2.24, 2.45) is 0 Å². The topological polar surface area (TPSA) is 12.9 Å². The fourth-order valence-electron chi connectivity index (χ4n) is 1.72. The highest BCUT2D eigenvalue weighted by atomic mass is 35.5. The van der Waals surface area contributed by atoms with Crippen LogP contribution >= 0.6 is 11.6 Å². The molecule has 1 aromatic rings. The molecule has 1 heterocycles. The van der Waals surface area contributed by atoms with Crippen molar-refractivity contribution in [1.82, 2.24) is 4.98 Å². The molecule has 1 atom stereocenters. The largest absolute Gasteiger partial charge is 0.241 e. The number of unbranched alkanes of at least 4 members (excludes halogenated alkanes) is 3. The van der Waals surface area contributed by atoms with Gasteiger partial charge in [-0.1, -0.05) is 57.2 Å². The molecule has 1 aromatic heterocycles. The van der Waals surface area contributed by atoms with E-state index in [0.29, 0.717) is 11.1 Å². The van der Waals surface area contributed by atoms with Crippen LogP contribution in [0.3, 0.4) is 0 Å². The van der Waals surface area contributed by atoms with Gasteiger partial charge < -0.3 is 0 Å². The molecule has 15 heavy (non-hydrogen) atoms. The Labute approximate surface area is 97.9 Å². The van der Waals surface area contributed by atoms with Gasteiger partial charge in [0.1, 0.15) is 5.15 Å². The van der Waals surface area contributed by atoms with E-state index in [2.05, 4.69) is 24.9 Å². The molecule has 0 aliphatic carbocycles. The minimum atomic E-state index is 0.528. The minimum Gasteiger partial charge on any atom is -0.241 e. The average Bonchev–Trinajstić information content (AvgIpc) is 2.24. The smallest absolute Gasteiger partial charge is 0.129 e. The van der Waals surface area contributed by atoms with Crippen LogP contribution in [0.4, 0.5) is 0 Å². The Kier molecular flexibility index (Phi) is 5.70. The quantitative estimate of drug-likeness (QED) is 0.500. The van der Waals surface area contributed by atoms with Crippen molar-refractivity contribution < 1.29 is 0 Å². The van der Waals surface area contributed by atoms with Gasteiger partial charge in [0.15, 0.2) is 0 Å². The summed E-state index contributed by atoms with van der Waals surface area (Å²) < 4.78 is 0. The second kappa shape index (κ2) is 6.84. The highest BCUT2D eigenvalue weighted by molar-refractivity contribution is 6.29. The lowest BCUT2D eigenvalue weighted by molar-refractivity contribution is 0.572. The maximum absolute atomic E-state index is 5.86. The first kappa shape index (κ1) is 12.5. The molecular formula is C13H20ClN. The van der Waals surface area contributed by atoms with Gasteiger partial charge in [0.2, 0.25) is 0 Å². The predicted molar refractivity (Wildman–Crippen MR) is 66.4 cm³/mol. The minimum absolute atomic E-state index is 0.528. The Bertz CT molecular complexity index is 286. The molecule has 0 bridgehead atoms. The molecule has 0 aliphatic rings. The van der Waals surface area contributed by atoms with Crippen LogP contribution in [-0.2, 0) is 0 Å². The van der Waals surface area contributed by atoms with Gasteiger partial charge in [0, 0.05) is 5.69 Å². The predicted octanol–water partition coefficient (Wildman–Crippen LogP) is 4.81. The van der Waals surface area contributed by atoms with Crippen LogP contribution in [0.5, 0.6) is 0 Å². The standard InChI is InChI=1S/C13H20ClN/c1-3-4-5-6-8-11(2)12-9-7-10-13(14)15-12/h7,9-11H,3-6,8H2,1-2H3. The summed E-state index contributed by atoms with van der Waals surface area (Å²) in [6, 6.07) is 5.87. The summed E-state index contributed by atoms with van der Waals surface area (Å²) in [7, 11) is 0. The van der Waals surface area contributed by atoms with Gasteiger partial charge >= 0.3 is 0 Å². The normalized spacial score (nSPS) is 12.7. The summed E-state index contributed by atoms with van der Waals surface area (Å²) in [4.78, 5) is 4.34. The molecule has 0 saturated carbocycles. The number of hydrogen-bond donors (Lipinski definition) is 0. The highest BCUT2D eigenvalue weighted by Gasteiger charge is 2.06. The van der Waals surface area contributed by atoms with E-state index in [4.69, 9.17) is 11.6 Å². The number of nitrogens with zero attached hydrogens (tertiary/aromatic N) is 1. The number of aromatic nitrogens is 1. The van der Waals surface area contributed by atoms with Crippen molar-refractivity contribution in [3.05, 3.63) is 29.0 Å². The Balaban J connectivity index is 2.36. The van der Waals surface area contributed by atoms with Gasteiger partial charge in [-0.15, -0.1) is 0 Å². The van der Waals surface area contributed by atoms with E-state index >= 15 is 0 Å². The van der Waals surface area contributed by atoms with Crippen molar-refractivity contribution in [3.63, 3.8) is 0 Å².